The summed E-state index contributed by atoms with van der Waals surface area (Å²) in [6, 6.07) is 9.60. The van der Waals surface area contributed by atoms with Gasteiger partial charge in [0.25, 0.3) is 0 Å². The highest BCUT2D eigenvalue weighted by molar-refractivity contribution is 7.99. The van der Waals surface area contributed by atoms with Crippen LogP contribution in [0, 0.1) is 0 Å². The fourth-order valence-electron chi connectivity index (χ4n) is 3.39. The molecule has 1 fully saturated rings. The minimum Gasteiger partial charge on any atom is -0.383 e. The highest BCUT2D eigenvalue weighted by Gasteiger charge is 2.19. The third-order valence-corrected chi connectivity index (χ3v) is 5.93. The number of thioether (sulfide) groups is 1. The van der Waals surface area contributed by atoms with E-state index in [-0.39, 0.29) is 11.7 Å². The van der Waals surface area contributed by atoms with Crippen LogP contribution in [0.3, 0.4) is 0 Å². The summed E-state index contributed by atoms with van der Waals surface area (Å²) in [4.78, 5) is 26.3. The molecule has 0 bridgehead atoms. The van der Waals surface area contributed by atoms with Crippen molar-refractivity contribution in [1.29, 1.82) is 0 Å². The number of nitrogens with one attached hydrogen (secondary N) is 2. The Morgan fingerprint density at radius 1 is 1.10 bits per heavy atom. The number of piperidine rings is 1. The molecule has 2 N–H and O–H groups in total. The number of benzene rings is 1. The van der Waals surface area contributed by atoms with Crippen molar-refractivity contribution in [3.63, 3.8) is 0 Å². The lowest BCUT2D eigenvalue weighted by Crippen LogP contribution is -2.41. The molecule has 0 saturated carbocycles. The average molecular weight is 447 g/mol. The van der Waals surface area contributed by atoms with Crippen molar-refractivity contribution in [3.8, 4) is 0 Å². The first-order valence-electron chi connectivity index (χ1n) is 10.5. The first-order valence-corrected chi connectivity index (χ1v) is 11.5. The second-order valence-electron chi connectivity index (χ2n) is 7.39. The molecule has 9 nitrogen and oxygen atoms in total. The van der Waals surface area contributed by atoms with Crippen LogP contribution in [-0.2, 0) is 22.6 Å². The number of methoxy groups -OCH3 is 1. The molecule has 1 aromatic carbocycles. The van der Waals surface area contributed by atoms with Gasteiger partial charge in [-0.2, -0.15) is 0 Å². The van der Waals surface area contributed by atoms with E-state index in [1.54, 1.807) is 7.11 Å². The van der Waals surface area contributed by atoms with Crippen molar-refractivity contribution < 1.29 is 14.3 Å². The van der Waals surface area contributed by atoms with Crippen LogP contribution in [0.25, 0.3) is 0 Å². The molecule has 2 aromatic rings. The highest BCUT2D eigenvalue weighted by atomic mass is 32.2. The number of urea groups is 1. The molecule has 0 aliphatic carbocycles. The lowest BCUT2D eigenvalue weighted by Gasteiger charge is -2.26. The van der Waals surface area contributed by atoms with E-state index in [9.17, 15) is 9.59 Å². The molecule has 1 aliphatic heterocycles. The predicted octanol–water partition coefficient (Wildman–Crippen LogP) is 1.88. The van der Waals surface area contributed by atoms with Gasteiger partial charge in [0.15, 0.2) is 5.16 Å². The molecule has 0 spiro atoms. The summed E-state index contributed by atoms with van der Waals surface area (Å²) in [7, 11) is 1.55. The maximum absolute atomic E-state index is 12.2. The van der Waals surface area contributed by atoms with Crippen molar-refractivity contribution in [2.24, 2.45) is 0 Å². The first-order chi connectivity index (χ1) is 15.2. The van der Waals surface area contributed by atoms with Crippen molar-refractivity contribution in [2.75, 3.05) is 39.1 Å². The third-order valence-electron chi connectivity index (χ3n) is 4.97. The standard InChI is InChI=1S/C21H30N6O3S/c1-30-13-10-22-20(29)23-19(28)16-31-21-25-24-18(15-26-11-6-3-7-12-26)27(21)14-17-8-4-2-5-9-17/h2,4-5,8-9H,3,6-7,10-16H2,1H3,(H2,22,23,28,29). The zero-order chi connectivity index (χ0) is 21.9. The monoisotopic (exact) mass is 446 g/mol. The summed E-state index contributed by atoms with van der Waals surface area (Å²) in [5.74, 6) is 0.589. The Balaban J connectivity index is 1.63. The Hall–Kier alpha value is -2.43. The summed E-state index contributed by atoms with van der Waals surface area (Å²) in [5, 5.41) is 14.3. The fourth-order valence-corrected chi connectivity index (χ4v) is 4.15. The fraction of sp³-hybridized carbons (Fsp3) is 0.524. The topological polar surface area (TPSA) is 101 Å². The normalized spacial score (nSPS) is 14.4. The molecular weight excluding hydrogens is 416 g/mol. The number of amides is 3. The minimum absolute atomic E-state index is 0.0777. The number of carbonyl (C=O) groups excluding carboxylic acids is 2. The quantitative estimate of drug-likeness (QED) is 0.424. The van der Waals surface area contributed by atoms with Crippen molar-refractivity contribution >= 4 is 23.7 Å². The van der Waals surface area contributed by atoms with Gasteiger partial charge in [-0.3, -0.25) is 15.0 Å². The van der Waals surface area contributed by atoms with Crippen molar-refractivity contribution in [2.45, 2.75) is 37.5 Å². The molecule has 1 aliphatic rings. The lowest BCUT2D eigenvalue weighted by atomic mass is 10.1. The van der Waals surface area contributed by atoms with Crippen LogP contribution in [-0.4, -0.2) is 70.7 Å². The van der Waals surface area contributed by atoms with Gasteiger partial charge >= 0.3 is 6.03 Å². The van der Waals surface area contributed by atoms with Gasteiger partial charge in [-0.05, 0) is 31.5 Å². The Morgan fingerprint density at radius 3 is 2.61 bits per heavy atom. The van der Waals surface area contributed by atoms with Crippen LogP contribution in [0.4, 0.5) is 4.79 Å². The number of ether oxygens (including phenoxy) is 1. The Labute approximate surface area is 186 Å². The predicted molar refractivity (Wildman–Crippen MR) is 119 cm³/mol. The molecule has 1 saturated heterocycles. The number of aromatic nitrogens is 3. The number of imide groups is 1. The average Bonchev–Trinajstić information content (AvgIpc) is 3.15. The molecule has 2 heterocycles. The Bertz CT molecular complexity index is 839. The van der Waals surface area contributed by atoms with Gasteiger partial charge in [-0.25, -0.2) is 4.79 Å². The Morgan fingerprint density at radius 2 is 1.87 bits per heavy atom. The van der Waals surface area contributed by atoms with E-state index >= 15 is 0 Å². The van der Waals surface area contributed by atoms with Gasteiger partial charge in [0.05, 0.1) is 25.4 Å². The zero-order valence-corrected chi connectivity index (χ0v) is 18.7. The number of hydrogen-bond acceptors (Lipinski definition) is 7. The van der Waals surface area contributed by atoms with E-state index < -0.39 is 6.03 Å². The van der Waals surface area contributed by atoms with Crippen LogP contribution in [0.2, 0.25) is 0 Å². The largest absolute Gasteiger partial charge is 0.383 e. The second kappa shape index (κ2) is 12.4. The van der Waals surface area contributed by atoms with Crippen molar-refractivity contribution in [1.82, 2.24) is 30.3 Å². The highest BCUT2D eigenvalue weighted by Crippen LogP contribution is 2.21. The van der Waals surface area contributed by atoms with Crippen LogP contribution >= 0.6 is 11.8 Å². The van der Waals surface area contributed by atoms with Gasteiger partial charge in [0.2, 0.25) is 5.91 Å². The first kappa shape index (κ1) is 23.2. The van der Waals surface area contributed by atoms with Crippen LogP contribution in [0.1, 0.15) is 30.7 Å². The van der Waals surface area contributed by atoms with Gasteiger partial charge < -0.3 is 14.6 Å². The smallest absolute Gasteiger partial charge is 0.321 e. The number of likely N-dealkylation sites (tertiary alicyclic amines) is 1. The molecule has 168 valence electrons. The third kappa shape index (κ3) is 7.64. The molecule has 0 unspecified atom stereocenters. The van der Waals surface area contributed by atoms with Crippen LogP contribution in [0.15, 0.2) is 35.5 Å². The number of rotatable bonds is 10. The van der Waals surface area contributed by atoms with E-state index in [1.165, 1.54) is 31.0 Å². The van der Waals surface area contributed by atoms with E-state index in [1.807, 2.05) is 18.2 Å². The summed E-state index contributed by atoms with van der Waals surface area (Å²) in [6.07, 6.45) is 3.70. The number of nitrogens with zero attached hydrogens (tertiary/aromatic N) is 4. The summed E-state index contributed by atoms with van der Waals surface area (Å²) < 4.78 is 6.94. The van der Waals surface area contributed by atoms with E-state index in [2.05, 4.69) is 42.4 Å². The minimum atomic E-state index is -0.529. The van der Waals surface area contributed by atoms with Gasteiger partial charge in [0.1, 0.15) is 5.82 Å². The van der Waals surface area contributed by atoms with E-state index in [0.29, 0.717) is 24.9 Å². The maximum Gasteiger partial charge on any atom is 0.321 e. The molecular formula is C21H30N6O3S. The zero-order valence-electron chi connectivity index (χ0n) is 17.9. The van der Waals surface area contributed by atoms with E-state index in [0.717, 1.165) is 31.0 Å². The Kier molecular flexibility index (Phi) is 9.32. The molecule has 0 radical (unpaired) electrons. The van der Waals surface area contributed by atoms with Crippen molar-refractivity contribution in [3.05, 3.63) is 41.7 Å². The molecule has 31 heavy (non-hydrogen) atoms. The molecule has 3 rings (SSSR count). The molecule has 0 atom stereocenters. The number of hydrogen-bond donors (Lipinski definition) is 2. The number of carbonyl (C=O) groups is 2. The lowest BCUT2D eigenvalue weighted by molar-refractivity contribution is -0.117. The molecule has 10 heteroatoms. The summed E-state index contributed by atoms with van der Waals surface area (Å²) in [6.45, 7) is 4.25. The summed E-state index contributed by atoms with van der Waals surface area (Å²) >= 11 is 1.28. The van der Waals surface area contributed by atoms with E-state index in [4.69, 9.17) is 4.74 Å². The molecule has 3 amide bonds. The summed E-state index contributed by atoms with van der Waals surface area (Å²) in [5.41, 5.74) is 1.14. The SMILES string of the molecule is COCCNC(=O)NC(=O)CSc1nnc(CN2CCCCC2)n1Cc1ccccc1. The maximum atomic E-state index is 12.2. The van der Waals surface area contributed by atoms with Crippen LogP contribution < -0.4 is 10.6 Å². The second-order valence-corrected chi connectivity index (χ2v) is 8.34. The van der Waals surface area contributed by atoms with Gasteiger partial charge in [0, 0.05) is 13.7 Å². The molecule has 1 aromatic heterocycles. The van der Waals surface area contributed by atoms with Gasteiger partial charge in [-0.15, -0.1) is 10.2 Å². The van der Waals surface area contributed by atoms with Gasteiger partial charge in [-0.1, -0.05) is 48.5 Å². The van der Waals surface area contributed by atoms with Crippen LogP contribution in [0.5, 0.6) is 0 Å².